The van der Waals surface area contributed by atoms with E-state index in [2.05, 4.69) is 18.7 Å². The van der Waals surface area contributed by atoms with Gasteiger partial charge < -0.3 is 10.5 Å². The summed E-state index contributed by atoms with van der Waals surface area (Å²) in [6.45, 7) is 9.03. The van der Waals surface area contributed by atoms with Gasteiger partial charge in [-0.05, 0) is 46.2 Å². The zero-order valence-electron chi connectivity index (χ0n) is 11.4. The van der Waals surface area contributed by atoms with Gasteiger partial charge in [0, 0.05) is 12.1 Å². The standard InChI is InChI=1S/C13H26N2O2/c1-4-13(3,15-8-6-7-9-15)11(10-14)12(16)17-5-2/h11H,4-10,14H2,1-3H3/t11-,13-/m1/s1. The Labute approximate surface area is 104 Å². The fourth-order valence-corrected chi connectivity index (χ4v) is 2.77. The van der Waals surface area contributed by atoms with Crippen LogP contribution in [0.5, 0.6) is 0 Å². The summed E-state index contributed by atoms with van der Waals surface area (Å²) < 4.78 is 5.16. The first-order valence-electron chi connectivity index (χ1n) is 6.71. The molecule has 4 nitrogen and oxygen atoms in total. The van der Waals surface area contributed by atoms with Crippen LogP contribution in [0.3, 0.4) is 0 Å². The van der Waals surface area contributed by atoms with Gasteiger partial charge in [-0.15, -0.1) is 0 Å². The Kier molecular flexibility index (Phi) is 5.40. The number of carbonyl (C=O) groups excluding carboxylic acids is 1. The number of hydrogen-bond acceptors (Lipinski definition) is 4. The lowest BCUT2D eigenvalue weighted by molar-refractivity contribution is -0.153. The lowest BCUT2D eigenvalue weighted by atomic mass is 9.81. The monoisotopic (exact) mass is 242 g/mol. The highest BCUT2D eigenvalue weighted by atomic mass is 16.5. The zero-order chi connectivity index (χ0) is 12.9. The molecule has 17 heavy (non-hydrogen) atoms. The van der Waals surface area contributed by atoms with E-state index in [-0.39, 0.29) is 17.4 Å². The summed E-state index contributed by atoms with van der Waals surface area (Å²) in [7, 11) is 0. The third-order valence-corrected chi connectivity index (χ3v) is 4.10. The van der Waals surface area contributed by atoms with Crippen molar-refractivity contribution in [3.8, 4) is 0 Å². The second-order valence-corrected chi connectivity index (χ2v) is 4.95. The molecule has 1 rings (SSSR count). The molecule has 2 atom stereocenters. The Morgan fingerprint density at radius 3 is 2.41 bits per heavy atom. The largest absolute Gasteiger partial charge is 0.466 e. The number of rotatable bonds is 6. The molecule has 1 saturated heterocycles. The van der Waals surface area contributed by atoms with Crippen LogP contribution in [0.2, 0.25) is 0 Å². The maximum atomic E-state index is 12.0. The molecule has 0 saturated carbocycles. The molecule has 0 unspecified atom stereocenters. The van der Waals surface area contributed by atoms with E-state index in [1.165, 1.54) is 12.8 Å². The van der Waals surface area contributed by atoms with Crippen molar-refractivity contribution in [2.24, 2.45) is 11.7 Å². The molecule has 4 heteroatoms. The molecule has 1 fully saturated rings. The summed E-state index contributed by atoms with van der Waals surface area (Å²) in [4.78, 5) is 14.4. The molecule has 1 heterocycles. The van der Waals surface area contributed by atoms with Crippen molar-refractivity contribution in [3.63, 3.8) is 0 Å². The molecule has 0 aromatic heterocycles. The minimum Gasteiger partial charge on any atom is -0.466 e. The Morgan fingerprint density at radius 2 is 2.00 bits per heavy atom. The average Bonchev–Trinajstić information content (AvgIpc) is 2.84. The number of esters is 1. The molecule has 0 aliphatic carbocycles. The number of nitrogens with two attached hydrogens (primary N) is 1. The Balaban J connectivity index is 2.83. The van der Waals surface area contributed by atoms with Crippen molar-refractivity contribution in [1.29, 1.82) is 0 Å². The van der Waals surface area contributed by atoms with Gasteiger partial charge in [0.15, 0.2) is 0 Å². The van der Waals surface area contributed by atoms with Crippen molar-refractivity contribution >= 4 is 5.97 Å². The van der Waals surface area contributed by atoms with Gasteiger partial charge in [0.1, 0.15) is 0 Å². The molecular formula is C13H26N2O2. The first-order chi connectivity index (χ1) is 8.10. The first kappa shape index (κ1) is 14.5. The van der Waals surface area contributed by atoms with Gasteiger partial charge in [0.25, 0.3) is 0 Å². The first-order valence-corrected chi connectivity index (χ1v) is 6.71. The van der Waals surface area contributed by atoms with Crippen molar-refractivity contribution in [2.45, 2.75) is 45.6 Å². The Hall–Kier alpha value is -0.610. The fraction of sp³-hybridized carbons (Fsp3) is 0.923. The lowest BCUT2D eigenvalue weighted by Crippen LogP contribution is -2.55. The van der Waals surface area contributed by atoms with Crippen molar-refractivity contribution in [3.05, 3.63) is 0 Å². The van der Waals surface area contributed by atoms with Gasteiger partial charge >= 0.3 is 5.97 Å². The van der Waals surface area contributed by atoms with E-state index < -0.39 is 0 Å². The third kappa shape index (κ3) is 2.99. The lowest BCUT2D eigenvalue weighted by Gasteiger charge is -2.42. The van der Waals surface area contributed by atoms with Gasteiger partial charge in [-0.25, -0.2) is 0 Å². The minimum atomic E-state index is -0.217. The van der Waals surface area contributed by atoms with E-state index in [0.717, 1.165) is 19.5 Å². The summed E-state index contributed by atoms with van der Waals surface area (Å²) in [5.74, 6) is -0.364. The van der Waals surface area contributed by atoms with Gasteiger partial charge in [-0.2, -0.15) is 0 Å². The smallest absolute Gasteiger partial charge is 0.312 e. The van der Waals surface area contributed by atoms with Crippen LogP contribution in [0.4, 0.5) is 0 Å². The van der Waals surface area contributed by atoms with Gasteiger partial charge in [0.05, 0.1) is 12.5 Å². The second kappa shape index (κ2) is 6.36. The van der Waals surface area contributed by atoms with Crippen molar-refractivity contribution in [1.82, 2.24) is 4.90 Å². The van der Waals surface area contributed by atoms with Crippen LogP contribution in [0.25, 0.3) is 0 Å². The molecule has 0 aromatic rings. The van der Waals surface area contributed by atoms with E-state index in [4.69, 9.17) is 10.5 Å². The molecular weight excluding hydrogens is 216 g/mol. The summed E-state index contributed by atoms with van der Waals surface area (Å²) in [6.07, 6.45) is 3.36. The van der Waals surface area contributed by atoms with E-state index in [9.17, 15) is 4.79 Å². The van der Waals surface area contributed by atoms with Gasteiger partial charge in [-0.3, -0.25) is 9.69 Å². The van der Waals surface area contributed by atoms with Crippen LogP contribution < -0.4 is 5.73 Å². The Morgan fingerprint density at radius 1 is 1.41 bits per heavy atom. The molecule has 0 aromatic carbocycles. The van der Waals surface area contributed by atoms with E-state index >= 15 is 0 Å². The summed E-state index contributed by atoms with van der Waals surface area (Å²) in [5.41, 5.74) is 5.65. The molecule has 0 radical (unpaired) electrons. The predicted octanol–water partition coefficient (Wildman–Crippen LogP) is 1.39. The Bertz CT molecular complexity index is 252. The van der Waals surface area contributed by atoms with Crippen LogP contribution in [-0.2, 0) is 9.53 Å². The summed E-state index contributed by atoms with van der Waals surface area (Å²) in [5, 5.41) is 0. The minimum absolute atomic E-state index is 0.147. The molecule has 0 spiro atoms. The van der Waals surface area contributed by atoms with Crippen LogP contribution in [0.1, 0.15) is 40.0 Å². The number of hydrogen-bond donors (Lipinski definition) is 1. The van der Waals surface area contributed by atoms with Crippen LogP contribution in [0.15, 0.2) is 0 Å². The highest BCUT2D eigenvalue weighted by Gasteiger charge is 2.43. The molecule has 1 aliphatic rings. The number of ether oxygens (including phenoxy) is 1. The number of carbonyl (C=O) groups is 1. The van der Waals surface area contributed by atoms with Crippen molar-refractivity contribution < 1.29 is 9.53 Å². The molecule has 1 aliphatic heterocycles. The van der Waals surface area contributed by atoms with Crippen molar-refractivity contribution in [2.75, 3.05) is 26.2 Å². The normalized spacial score (nSPS) is 22.1. The van der Waals surface area contributed by atoms with Gasteiger partial charge in [-0.1, -0.05) is 6.92 Å². The summed E-state index contributed by atoms with van der Waals surface area (Å²) >= 11 is 0. The number of nitrogens with zero attached hydrogens (tertiary/aromatic N) is 1. The van der Waals surface area contributed by atoms with E-state index in [0.29, 0.717) is 13.2 Å². The molecule has 2 N–H and O–H groups in total. The zero-order valence-corrected chi connectivity index (χ0v) is 11.4. The van der Waals surface area contributed by atoms with Crippen LogP contribution >= 0.6 is 0 Å². The molecule has 0 amide bonds. The van der Waals surface area contributed by atoms with Gasteiger partial charge in [0.2, 0.25) is 0 Å². The SMILES string of the molecule is CCOC(=O)[C@@H](CN)[C@@](C)(CC)N1CCCC1. The molecule has 100 valence electrons. The van der Waals surface area contributed by atoms with E-state index in [1.807, 2.05) is 6.92 Å². The quantitative estimate of drug-likeness (QED) is 0.715. The maximum Gasteiger partial charge on any atom is 0.312 e. The average molecular weight is 242 g/mol. The third-order valence-electron chi connectivity index (χ3n) is 4.10. The molecule has 0 bridgehead atoms. The number of likely N-dealkylation sites (tertiary alicyclic amines) is 1. The highest BCUT2D eigenvalue weighted by Crippen LogP contribution is 2.32. The van der Waals surface area contributed by atoms with Crippen LogP contribution in [-0.4, -0.2) is 42.6 Å². The topological polar surface area (TPSA) is 55.6 Å². The van der Waals surface area contributed by atoms with Crippen LogP contribution in [0, 0.1) is 5.92 Å². The maximum absolute atomic E-state index is 12.0. The highest BCUT2D eigenvalue weighted by molar-refractivity contribution is 5.74. The predicted molar refractivity (Wildman–Crippen MR) is 68.7 cm³/mol. The second-order valence-electron chi connectivity index (χ2n) is 4.95. The van der Waals surface area contributed by atoms with E-state index in [1.54, 1.807) is 0 Å². The summed E-state index contributed by atoms with van der Waals surface area (Å²) in [6, 6.07) is 0. The fourth-order valence-electron chi connectivity index (χ4n) is 2.77.